The summed E-state index contributed by atoms with van der Waals surface area (Å²) in [5, 5.41) is 3.39. The second-order valence-corrected chi connectivity index (χ2v) is 5.53. The largest absolute Gasteiger partial charge is 0.399 e. The van der Waals surface area contributed by atoms with Gasteiger partial charge in [0.1, 0.15) is 12.1 Å². The van der Waals surface area contributed by atoms with E-state index in [4.69, 9.17) is 17.3 Å². The Morgan fingerprint density at radius 2 is 2.00 bits per heavy atom. The molecule has 2 rings (SSSR count). The van der Waals surface area contributed by atoms with Crippen molar-refractivity contribution in [3.8, 4) is 0 Å². The van der Waals surface area contributed by atoms with Crippen molar-refractivity contribution in [2.45, 2.75) is 26.7 Å². The number of carbonyl (C=O) groups excluding carboxylic acids is 1. The number of nitrogens with one attached hydrogen (secondary N) is 1. The lowest BCUT2D eigenvalue weighted by Crippen LogP contribution is -2.01. The highest BCUT2D eigenvalue weighted by atomic mass is 35.5. The van der Waals surface area contributed by atoms with Gasteiger partial charge in [0.25, 0.3) is 0 Å². The minimum absolute atomic E-state index is 0.0596. The van der Waals surface area contributed by atoms with Gasteiger partial charge in [-0.25, -0.2) is 4.39 Å². The molecule has 0 saturated carbocycles. The topological polar surface area (TPSA) is 55.1 Å². The van der Waals surface area contributed by atoms with Crippen LogP contribution in [0.1, 0.15) is 24.5 Å². The maximum atomic E-state index is 12.5. The van der Waals surface area contributed by atoms with E-state index in [9.17, 15) is 9.18 Å². The standard InChI is InChI=1S/C10H16N2.C8H6ClFO/c1-3-6-12-10-5-4-9(11)7-8(10)2;9-7-5-6(3-4-11)1-2-8(7)10/h4-5,7,12H,3,6,11H2,1-2H3;1-2,4-5H,3H2. The molecule has 2 aromatic carbocycles. The highest BCUT2D eigenvalue weighted by Gasteiger charge is 1.99. The van der Waals surface area contributed by atoms with E-state index in [1.807, 2.05) is 18.2 Å². The predicted molar refractivity (Wildman–Crippen MR) is 95.6 cm³/mol. The summed E-state index contributed by atoms with van der Waals surface area (Å²) >= 11 is 5.46. The van der Waals surface area contributed by atoms with E-state index in [0.717, 1.165) is 30.5 Å². The summed E-state index contributed by atoms with van der Waals surface area (Å²) in [6.45, 7) is 5.23. The van der Waals surface area contributed by atoms with Crippen molar-refractivity contribution in [3.05, 3.63) is 58.4 Å². The van der Waals surface area contributed by atoms with Gasteiger partial charge in [0.2, 0.25) is 0 Å². The van der Waals surface area contributed by atoms with Gasteiger partial charge in [0.15, 0.2) is 0 Å². The molecule has 0 saturated heterocycles. The van der Waals surface area contributed by atoms with Gasteiger partial charge in [0.05, 0.1) is 5.02 Å². The third kappa shape index (κ3) is 6.70. The van der Waals surface area contributed by atoms with Gasteiger partial charge in [-0.05, 0) is 54.8 Å². The summed E-state index contributed by atoms with van der Waals surface area (Å²) in [5.74, 6) is -0.457. The molecule has 0 amide bonds. The minimum Gasteiger partial charge on any atom is -0.399 e. The van der Waals surface area contributed by atoms with Gasteiger partial charge in [0, 0.05) is 24.3 Å². The average Bonchev–Trinajstić information content (AvgIpc) is 2.51. The number of nitrogens with two attached hydrogens (primary N) is 1. The molecule has 23 heavy (non-hydrogen) atoms. The molecule has 3 N–H and O–H groups in total. The normalized spacial score (nSPS) is 9.74. The van der Waals surface area contributed by atoms with E-state index in [2.05, 4.69) is 19.2 Å². The maximum absolute atomic E-state index is 12.5. The van der Waals surface area contributed by atoms with E-state index in [1.54, 1.807) is 0 Å². The molecule has 3 nitrogen and oxygen atoms in total. The van der Waals surface area contributed by atoms with Crippen LogP contribution in [0.3, 0.4) is 0 Å². The quantitative estimate of drug-likeness (QED) is 0.618. The molecule has 2 aromatic rings. The summed E-state index contributed by atoms with van der Waals surface area (Å²) in [6, 6.07) is 10.2. The minimum atomic E-state index is -0.457. The number of anilines is 2. The zero-order chi connectivity index (χ0) is 17.2. The van der Waals surface area contributed by atoms with Crippen LogP contribution in [0.2, 0.25) is 5.02 Å². The molecule has 5 heteroatoms. The molecule has 0 aromatic heterocycles. The average molecular weight is 337 g/mol. The Morgan fingerprint density at radius 3 is 2.57 bits per heavy atom. The third-order valence-corrected chi connectivity index (χ3v) is 3.41. The zero-order valence-corrected chi connectivity index (χ0v) is 14.2. The SMILES string of the molecule is CCCNc1ccc(N)cc1C.O=CCc1ccc(F)c(Cl)c1. The molecule has 0 radical (unpaired) electrons. The first-order chi connectivity index (χ1) is 11.0. The fourth-order valence-corrected chi connectivity index (χ4v) is 2.11. The summed E-state index contributed by atoms with van der Waals surface area (Å²) in [7, 11) is 0. The molecular formula is C18H22ClFN2O. The molecule has 0 heterocycles. The Kier molecular flexibility index (Phi) is 8.13. The van der Waals surface area contributed by atoms with Gasteiger partial charge in [-0.3, -0.25) is 0 Å². The molecule has 0 spiro atoms. The van der Waals surface area contributed by atoms with Crippen molar-refractivity contribution in [1.29, 1.82) is 0 Å². The van der Waals surface area contributed by atoms with Crippen LogP contribution in [0.25, 0.3) is 0 Å². The number of nitrogen functional groups attached to an aromatic ring is 1. The smallest absolute Gasteiger partial charge is 0.141 e. The molecule has 0 unspecified atom stereocenters. The van der Waals surface area contributed by atoms with Crippen molar-refractivity contribution < 1.29 is 9.18 Å². The van der Waals surface area contributed by atoms with Crippen LogP contribution in [0, 0.1) is 12.7 Å². The van der Waals surface area contributed by atoms with Crippen molar-refractivity contribution in [1.82, 2.24) is 0 Å². The Hall–Kier alpha value is -2.07. The second-order valence-electron chi connectivity index (χ2n) is 5.12. The maximum Gasteiger partial charge on any atom is 0.141 e. The lowest BCUT2D eigenvalue weighted by atomic mass is 10.2. The first-order valence-electron chi connectivity index (χ1n) is 7.45. The number of rotatable bonds is 5. The fraction of sp³-hybridized carbons (Fsp3) is 0.278. The van der Waals surface area contributed by atoms with E-state index >= 15 is 0 Å². The van der Waals surface area contributed by atoms with Crippen LogP contribution in [0.15, 0.2) is 36.4 Å². The van der Waals surface area contributed by atoms with Gasteiger partial charge < -0.3 is 15.8 Å². The van der Waals surface area contributed by atoms with E-state index in [1.165, 1.54) is 29.4 Å². The van der Waals surface area contributed by atoms with Gasteiger partial charge >= 0.3 is 0 Å². The van der Waals surface area contributed by atoms with Gasteiger partial charge in [-0.2, -0.15) is 0 Å². The third-order valence-electron chi connectivity index (χ3n) is 3.12. The highest BCUT2D eigenvalue weighted by molar-refractivity contribution is 6.30. The lowest BCUT2D eigenvalue weighted by molar-refractivity contribution is -0.107. The number of aryl methyl sites for hydroxylation is 1. The molecular weight excluding hydrogens is 315 g/mol. The molecule has 0 aliphatic heterocycles. The van der Waals surface area contributed by atoms with Crippen LogP contribution >= 0.6 is 11.6 Å². The van der Waals surface area contributed by atoms with E-state index < -0.39 is 5.82 Å². The van der Waals surface area contributed by atoms with Crippen LogP contribution in [0.4, 0.5) is 15.8 Å². The first-order valence-corrected chi connectivity index (χ1v) is 7.83. The second kappa shape index (κ2) is 9.85. The molecule has 0 aliphatic carbocycles. The van der Waals surface area contributed by atoms with Crippen LogP contribution in [-0.4, -0.2) is 12.8 Å². The monoisotopic (exact) mass is 336 g/mol. The summed E-state index contributed by atoms with van der Waals surface area (Å²) < 4.78 is 12.5. The Morgan fingerprint density at radius 1 is 1.26 bits per heavy atom. The Balaban J connectivity index is 0.000000231. The molecule has 124 valence electrons. The number of halogens is 2. The van der Waals surface area contributed by atoms with Crippen molar-refractivity contribution in [2.75, 3.05) is 17.6 Å². The van der Waals surface area contributed by atoms with Crippen LogP contribution < -0.4 is 11.1 Å². The molecule has 0 bridgehead atoms. The predicted octanol–water partition coefficient (Wildman–Crippen LogP) is 4.62. The number of carbonyl (C=O) groups is 1. The van der Waals surface area contributed by atoms with Crippen LogP contribution in [-0.2, 0) is 11.2 Å². The molecule has 0 fully saturated rings. The molecule has 0 aliphatic rings. The van der Waals surface area contributed by atoms with Crippen molar-refractivity contribution in [3.63, 3.8) is 0 Å². The summed E-state index contributed by atoms with van der Waals surface area (Å²) in [6.07, 6.45) is 2.17. The number of hydrogen-bond acceptors (Lipinski definition) is 3. The number of aldehydes is 1. The Bertz CT molecular complexity index is 647. The first kappa shape index (κ1) is 19.0. The fourth-order valence-electron chi connectivity index (χ4n) is 1.91. The Labute approximate surface area is 141 Å². The number of hydrogen-bond donors (Lipinski definition) is 2. The van der Waals surface area contributed by atoms with E-state index in [0.29, 0.717) is 0 Å². The molecule has 0 atom stereocenters. The summed E-state index contributed by atoms with van der Waals surface area (Å²) in [5.41, 5.74) is 9.58. The van der Waals surface area contributed by atoms with Crippen LogP contribution in [0.5, 0.6) is 0 Å². The van der Waals surface area contributed by atoms with Gasteiger partial charge in [-0.1, -0.05) is 24.6 Å². The van der Waals surface area contributed by atoms with Crippen molar-refractivity contribution in [2.24, 2.45) is 0 Å². The summed E-state index contributed by atoms with van der Waals surface area (Å²) in [4.78, 5) is 10.0. The zero-order valence-electron chi connectivity index (χ0n) is 13.4. The van der Waals surface area contributed by atoms with Crippen molar-refractivity contribution >= 4 is 29.3 Å². The van der Waals surface area contributed by atoms with E-state index in [-0.39, 0.29) is 11.4 Å². The lowest BCUT2D eigenvalue weighted by Gasteiger charge is -2.08. The van der Waals surface area contributed by atoms with Gasteiger partial charge in [-0.15, -0.1) is 0 Å². The number of benzene rings is 2. The highest BCUT2D eigenvalue weighted by Crippen LogP contribution is 2.17.